The van der Waals surface area contributed by atoms with E-state index in [1.54, 1.807) is 0 Å². The first-order valence-electron chi connectivity index (χ1n) is 12.6. The molecule has 6 nitrogen and oxygen atoms in total. The Morgan fingerprint density at radius 2 is 1.57 bits per heavy atom. The highest BCUT2D eigenvalue weighted by atomic mass is 32.1. The number of nitrogens with zero attached hydrogens (tertiary/aromatic N) is 4. The van der Waals surface area contributed by atoms with E-state index in [0.717, 1.165) is 50.2 Å². The first kappa shape index (κ1) is 23.5. The van der Waals surface area contributed by atoms with Crippen LogP contribution in [0, 0.1) is 5.92 Å². The largest absolute Gasteiger partial charge is 0.356 e. The smallest absolute Gasteiger partial charge is 0.232 e. The van der Waals surface area contributed by atoms with E-state index < -0.39 is 0 Å². The molecule has 1 fully saturated rings. The van der Waals surface area contributed by atoms with Crippen LogP contribution in [0.15, 0.2) is 60.7 Å². The number of fused-ring (bicyclic) bond motifs is 1. The number of anilines is 3. The second kappa shape index (κ2) is 10.6. The molecule has 2 aliphatic rings. The van der Waals surface area contributed by atoms with Gasteiger partial charge in [-0.3, -0.25) is 0 Å². The summed E-state index contributed by atoms with van der Waals surface area (Å²) < 4.78 is 0. The van der Waals surface area contributed by atoms with Gasteiger partial charge in [-0.15, -0.1) is 0 Å². The summed E-state index contributed by atoms with van der Waals surface area (Å²) in [5.74, 6) is 3.24. The fraction of sp³-hybridized carbons (Fsp3) is 0.393. The average molecular weight is 487 g/mol. The van der Waals surface area contributed by atoms with Gasteiger partial charge in [-0.25, -0.2) is 0 Å². The number of thiocarbonyl (C=S) groups is 1. The minimum atomic E-state index is 0.0843. The molecule has 0 bridgehead atoms. The number of hydrogen-bond acceptors (Lipinski definition) is 5. The molecule has 0 saturated carbocycles. The van der Waals surface area contributed by atoms with E-state index in [4.69, 9.17) is 22.2 Å². The lowest BCUT2D eigenvalue weighted by atomic mass is 9.99. The molecular weight excluding hydrogens is 452 g/mol. The van der Waals surface area contributed by atoms with Gasteiger partial charge in [0.05, 0.1) is 6.04 Å². The van der Waals surface area contributed by atoms with Crippen LogP contribution in [0.3, 0.4) is 0 Å². The summed E-state index contributed by atoms with van der Waals surface area (Å²) in [4.78, 5) is 14.5. The molecule has 2 aliphatic heterocycles. The minimum absolute atomic E-state index is 0.0843. The predicted octanol–water partition coefficient (Wildman–Crippen LogP) is 5.32. The molecule has 0 radical (unpaired) electrons. The molecule has 3 aromatic rings. The molecule has 1 unspecified atom stereocenters. The van der Waals surface area contributed by atoms with Crippen LogP contribution >= 0.6 is 12.2 Å². The maximum Gasteiger partial charge on any atom is 0.232 e. The molecule has 7 heteroatoms. The zero-order chi connectivity index (χ0) is 24.2. The molecule has 1 aromatic heterocycles. The van der Waals surface area contributed by atoms with Crippen LogP contribution in [0.1, 0.15) is 49.4 Å². The van der Waals surface area contributed by atoms with Gasteiger partial charge in [0.15, 0.2) is 5.11 Å². The van der Waals surface area contributed by atoms with E-state index in [-0.39, 0.29) is 6.04 Å². The molecule has 1 saturated heterocycles. The van der Waals surface area contributed by atoms with Crippen molar-refractivity contribution in [1.82, 2.24) is 15.3 Å². The van der Waals surface area contributed by atoms with E-state index in [2.05, 4.69) is 76.7 Å². The van der Waals surface area contributed by atoms with Gasteiger partial charge >= 0.3 is 0 Å². The minimum Gasteiger partial charge on any atom is -0.356 e. The Morgan fingerprint density at radius 1 is 0.914 bits per heavy atom. The number of benzene rings is 2. The van der Waals surface area contributed by atoms with Crippen LogP contribution in [0.2, 0.25) is 0 Å². The van der Waals surface area contributed by atoms with Gasteiger partial charge in [-0.05, 0) is 61.0 Å². The van der Waals surface area contributed by atoms with Gasteiger partial charge in [-0.2, -0.15) is 9.97 Å². The summed E-state index contributed by atoms with van der Waals surface area (Å²) in [5, 5.41) is 7.18. The topological polar surface area (TPSA) is 56.3 Å². The Morgan fingerprint density at radius 3 is 2.31 bits per heavy atom. The molecule has 5 rings (SSSR count). The van der Waals surface area contributed by atoms with Gasteiger partial charge in [0.2, 0.25) is 5.95 Å². The van der Waals surface area contributed by atoms with Crippen LogP contribution in [-0.2, 0) is 13.0 Å². The normalized spacial score (nSPS) is 17.0. The number of aromatic nitrogens is 2. The van der Waals surface area contributed by atoms with E-state index >= 15 is 0 Å². The molecule has 3 heterocycles. The van der Waals surface area contributed by atoms with Crippen molar-refractivity contribution in [3.8, 4) is 0 Å². The first-order chi connectivity index (χ1) is 17.0. The quantitative estimate of drug-likeness (QED) is 0.473. The van der Waals surface area contributed by atoms with E-state index in [0.29, 0.717) is 11.1 Å². The molecular formula is C28H34N6S. The third-order valence-electron chi connectivity index (χ3n) is 7.13. The van der Waals surface area contributed by atoms with E-state index in [1.807, 2.05) is 18.2 Å². The highest BCUT2D eigenvalue weighted by Gasteiger charge is 2.22. The summed E-state index contributed by atoms with van der Waals surface area (Å²) in [6.07, 6.45) is 3.40. The summed E-state index contributed by atoms with van der Waals surface area (Å²) in [6.45, 7) is 8.28. The van der Waals surface area contributed by atoms with E-state index in [9.17, 15) is 0 Å². The summed E-state index contributed by atoms with van der Waals surface area (Å²) >= 11 is 5.65. The molecule has 2 aromatic carbocycles. The second-order valence-electron chi connectivity index (χ2n) is 9.75. The molecule has 35 heavy (non-hydrogen) atoms. The monoisotopic (exact) mass is 486 g/mol. The fourth-order valence-corrected chi connectivity index (χ4v) is 5.16. The van der Waals surface area contributed by atoms with Crippen molar-refractivity contribution in [3.05, 3.63) is 77.4 Å². The number of nitrogens with one attached hydrogen (secondary N) is 2. The Bertz CT molecular complexity index is 1160. The van der Waals surface area contributed by atoms with E-state index in [1.165, 1.54) is 29.5 Å². The Kier molecular flexibility index (Phi) is 7.13. The third kappa shape index (κ3) is 5.73. The second-order valence-corrected chi connectivity index (χ2v) is 10.2. The van der Waals surface area contributed by atoms with Crippen LogP contribution in [0.25, 0.3) is 0 Å². The summed E-state index contributed by atoms with van der Waals surface area (Å²) in [5.41, 5.74) is 3.98. The SMILES string of the molecule is CC1CCN(c2cc(N3CCc4ccccc4C3)nc(NC(=S)NC(C)c3ccccc3)n2)CC1. The van der Waals surface area contributed by atoms with Crippen LogP contribution in [0.4, 0.5) is 17.6 Å². The van der Waals surface area contributed by atoms with Crippen molar-refractivity contribution in [2.24, 2.45) is 5.92 Å². The molecule has 182 valence electrons. The Hall–Kier alpha value is -3.19. The Labute approximate surface area is 213 Å². The zero-order valence-electron chi connectivity index (χ0n) is 20.6. The standard InChI is InChI=1S/C28H34N6S/c1-20-12-15-33(16-13-20)25-18-26(34-17-14-23-10-6-7-11-24(23)19-34)31-27(30-25)32-28(35)29-21(2)22-8-4-3-5-9-22/h3-11,18,20-21H,12-17,19H2,1-2H3,(H2,29,30,31,32,35). The highest BCUT2D eigenvalue weighted by molar-refractivity contribution is 7.80. The fourth-order valence-electron chi connectivity index (χ4n) is 4.89. The lowest BCUT2D eigenvalue weighted by Gasteiger charge is -2.33. The third-order valence-corrected chi connectivity index (χ3v) is 7.35. The lowest BCUT2D eigenvalue weighted by molar-refractivity contribution is 0.436. The molecule has 0 aliphatic carbocycles. The van der Waals surface area contributed by atoms with Gasteiger partial charge in [0.1, 0.15) is 11.6 Å². The maximum atomic E-state index is 5.65. The lowest BCUT2D eigenvalue weighted by Crippen LogP contribution is -2.36. The van der Waals surface area contributed by atoms with Crippen molar-refractivity contribution >= 4 is 34.9 Å². The predicted molar refractivity (Wildman–Crippen MR) is 148 cm³/mol. The maximum absolute atomic E-state index is 5.65. The van der Waals surface area contributed by atoms with Crippen molar-refractivity contribution in [3.63, 3.8) is 0 Å². The van der Waals surface area contributed by atoms with Crippen molar-refractivity contribution in [2.45, 2.75) is 45.7 Å². The number of piperidine rings is 1. The zero-order valence-corrected chi connectivity index (χ0v) is 21.4. The number of rotatable bonds is 5. The van der Waals surface area contributed by atoms with Gasteiger partial charge in [0.25, 0.3) is 0 Å². The van der Waals surface area contributed by atoms with Gasteiger partial charge in [0, 0.05) is 32.2 Å². The average Bonchev–Trinajstić information content (AvgIpc) is 2.89. The molecule has 0 amide bonds. The molecule has 0 spiro atoms. The van der Waals surface area contributed by atoms with Gasteiger partial charge in [-0.1, -0.05) is 61.5 Å². The van der Waals surface area contributed by atoms with Crippen molar-refractivity contribution in [2.75, 3.05) is 34.8 Å². The summed E-state index contributed by atoms with van der Waals surface area (Å²) in [6, 6.07) is 21.2. The van der Waals surface area contributed by atoms with Crippen LogP contribution in [-0.4, -0.2) is 34.7 Å². The molecule has 2 N–H and O–H groups in total. The van der Waals surface area contributed by atoms with Gasteiger partial charge < -0.3 is 20.4 Å². The molecule has 1 atom stereocenters. The van der Waals surface area contributed by atoms with Crippen molar-refractivity contribution < 1.29 is 0 Å². The highest BCUT2D eigenvalue weighted by Crippen LogP contribution is 2.29. The van der Waals surface area contributed by atoms with Crippen molar-refractivity contribution in [1.29, 1.82) is 0 Å². The summed E-state index contributed by atoms with van der Waals surface area (Å²) in [7, 11) is 0. The Balaban J connectivity index is 1.37. The van der Waals surface area contributed by atoms with Crippen LogP contribution < -0.4 is 20.4 Å². The number of hydrogen-bond donors (Lipinski definition) is 2. The van der Waals surface area contributed by atoms with Crippen LogP contribution in [0.5, 0.6) is 0 Å². The first-order valence-corrected chi connectivity index (χ1v) is 13.0.